The molecule has 0 unspecified atom stereocenters. The number of benzene rings is 1. The lowest BCUT2D eigenvalue weighted by Crippen LogP contribution is -2.48. The smallest absolute Gasteiger partial charge is 0.332 e. The van der Waals surface area contributed by atoms with Crippen LogP contribution < -0.4 is 0 Å². The maximum absolute atomic E-state index is 13.4. The van der Waals surface area contributed by atoms with E-state index in [9.17, 15) is 13.6 Å². The van der Waals surface area contributed by atoms with E-state index >= 15 is 0 Å². The molecule has 3 nitrogen and oxygen atoms in total. The minimum Gasteiger partial charge on any atom is -0.449 e. The molecule has 0 N–H and O–H groups in total. The number of halogens is 2. The molecule has 26 heavy (non-hydrogen) atoms. The van der Waals surface area contributed by atoms with Gasteiger partial charge in [-0.25, -0.2) is 13.6 Å². The van der Waals surface area contributed by atoms with Gasteiger partial charge in [-0.05, 0) is 31.5 Å². The Balaban J connectivity index is 1.57. The molecule has 5 heteroatoms. The van der Waals surface area contributed by atoms with Crippen molar-refractivity contribution in [3.05, 3.63) is 58.7 Å². The number of piperidine rings is 1. The summed E-state index contributed by atoms with van der Waals surface area (Å²) in [6, 6.07) is 3.62. The van der Waals surface area contributed by atoms with Gasteiger partial charge in [0.15, 0.2) is 5.60 Å². The molecular weight excluding hydrogens is 336 g/mol. The molecule has 5 rings (SSSR count). The third-order valence-corrected chi connectivity index (χ3v) is 5.87. The highest BCUT2D eigenvalue weighted by atomic mass is 19.1. The summed E-state index contributed by atoms with van der Waals surface area (Å²) in [4.78, 5) is 14.5. The van der Waals surface area contributed by atoms with Crippen LogP contribution in [-0.2, 0) is 9.53 Å². The van der Waals surface area contributed by atoms with Gasteiger partial charge in [0.1, 0.15) is 11.6 Å². The maximum Gasteiger partial charge on any atom is 0.332 e. The first-order valence-electron chi connectivity index (χ1n) is 8.96. The Morgan fingerprint density at radius 2 is 1.96 bits per heavy atom. The molecule has 4 aliphatic rings. The Morgan fingerprint density at radius 3 is 2.77 bits per heavy atom. The van der Waals surface area contributed by atoms with E-state index in [2.05, 4.69) is 22.8 Å². The number of fused-ring (bicyclic) bond motifs is 3. The Kier molecular flexibility index (Phi) is 3.35. The molecule has 2 fully saturated rings. The Morgan fingerprint density at radius 1 is 1.15 bits per heavy atom. The Hall–Kier alpha value is -2.45. The van der Waals surface area contributed by atoms with Crippen LogP contribution in [0.4, 0.5) is 8.78 Å². The highest BCUT2D eigenvalue weighted by Gasteiger charge is 2.61. The first-order valence-corrected chi connectivity index (χ1v) is 8.96. The number of hydrogen-bond donors (Lipinski definition) is 0. The van der Waals surface area contributed by atoms with Crippen molar-refractivity contribution in [2.75, 3.05) is 6.54 Å². The predicted octanol–water partition coefficient (Wildman–Crippen LogP) is 3.11. The van der Waals surface area contributed by atoms with Crippen molar-refractivity contribution in [3.63, 3.8) is 0 Å². The lowest BCUT2D eigenvalue weighted by atomic mass is 9.77. The van der Waals surface area contributed by atoms with Crippen molar-refractivity contribution >= 4 is 5.97 Å². The number of nitrogens with zero attached hydrogens (tertiary/aromatic N) is 1. The van der Waals surface area contributed by atoms with Crippen LogP contribution >= 0.6 is 0 Å². The molecule has 0 radical (unpaired) electrons. The zero-order valence-electron chi connectivity index (χ0n) is 14.1. The van der Waals surface area contributed by atoms with Gasteiger partial charge in [0.25, 0.3) is 0 Å². The fourth-order valence-corrected chi connectivity index (χ4v) is 4.94. The van der Waals surface area contributed by atoms with Crippen molar-refractivity contribution in [1.29, 1.82) is 0 Å². The normalized spacial score (nSPS) is 32.0. The topological polar surface area (TPSA) is 29.5 Å². The third-order valence-electron chi connectivity index (χ3n) is 5.87. The number of ether oxygens (including phenoxy) is 1. The standard InChI is InChI=1S/C21H17F2NO2/c22-15-7-13(8-16(23)10-15)4-5-14-9-17-12-21(18(14)11-20(25)26-21)19-3-1-2-6-24(17)19/h7-11,17,19H,1-3,6,12H2/t17-,19-,21+/m1/s1. The summed E-state index contributed by atoms with van der Waals surface area (Å²) in [6.07, 6.45) is 7.68. The van der Waals surface area contributed by atoms with Crippen LogP contribution in [0, 0.1) is 23.5 Å². The zero-order valence-corrected chi connectivity index (χ0v) is 14.1. The second kappa shape index (κ2) is 5.52. The van der Waals surface area contributed by atoms with Crippen LogP contribution in [-0.4, -0.2) is 35.1 Å². The molecule has 1 aromatic carbocycles. The van der Waals surface area contributed by atoms with Gasteiger partial charge >= 0.3 is 5.97 Å². The van der Waals surface area contributed by atoms with Gasteiger partial charge in [0.2, 0.25) is 0 Å². The highest BCUT2D eigenvalue weighted by Crippen LogP contribution is 2.53. The minimum absolute atomic E-state index is 0.192. The van der Waals surface area contributed by atoms with E-state index in [0.717, 1.165) is 49.4 Å². The highest BCUT2D eigenvalue weighted by molar-refractivity contribution is 5.90. The second-order valence-corrected chi connectivity index (χ2v) is 7.38. The van der Waals surface area contributed by atoms with E-state index in [4.69, 9.17) is 4.74 Å². The molecule has 132 valence electrons. The first kappa shape index (κ1) is 15.8. The van der Waals surface area contributed by atoms with Crippen LogP contribution in [0.5, 0.6) is 0 Å². The molecular formula is C21H17F2NO2. The van der Waals surface area contributed by atoms with Crippen LogP contribution in [0.2, 0.25) is 0 Å². The van der Waals surface area contributed by atoms with Crippen LogP contribution in [0.1, 0.15) is 31.2 Å². The number of carbonyl (C=O) groups excluding carboxylic acids is 1. The van der Waals surface area contributed by atoms with Gasteiger partial charge < -0.3 is 4.74 Å². The summed E-state index contributed by atoms with van der Waals surface area (Å²) in [7, 11) is 0. The summed E-state index contributed by atoms with van der Waals surface area (Å²) in [6.45, 7) is 0.994. The molecule has 2 saturated heterocycles. The Bertz CT molecular complexity index is 919. The lowest BCUT2D eigenvalue weighted by Gasteiger charge is -2.38. The fraction of sp³-hybridized carbons (Fsp3) is 0.381. The van der Waals surface area contributed by atoms with E-state index in [1.807, 2.05) is 0 Å². The van der Waals surface area contributed by atoms with Crippen molar-refractivity contribution < 1.29 is 18.3 Å². The molecule has 3 atom stereocenters. The van der Waals surface area contributed by atoms with Crippen molar-refractivity contribution in [1.82, 2.24) is 4.90 Å². The van der Waals surface area contributed by atoms with Crippen molar-refractivity contribution in [2.45, 2.75) is 43.4 Å². The van der Waals surface area contributed by atoms with E-state index in [1.54, 1.807) is 6.08 Å². The average Bonchev–Trinajstić information content (AvgIpc) is 3.08. The molecule has 0 aromatic heterocycles. The predicted molar refractivity (Wildman–Crippen MR) is 91.0 cm³/mol. The number of hydrogen-bond acceptors (Lipinski definition) is 3. The van der Waals surface area contributed by atoms with Gasteiger partial charge in [0.05, 0.1) is 6.04 Å². The minimum atomic E-state index is -0.654. The van der Waals surface area contributed by atoms with Gasteiger partial charge in [-0.1, -0.05) is 24.3 Å². The van der Waals surface area contributed by atoms with Crippen molar-refractivity contribution in [2.24, 2.45) is 0 Å². The monoisotopic (exact) mass is 353 g/mol. The molecule has 2 bridgehead atoms. The molecule has 1 aromatic rings. The fourth-order valence-electron chi connectivity index (χ4n) is 4.94. The number of esters is 1. The second-order valence-electron chi connectivity index (χ2n) is 7.38. The van der Waals surface area contributed by atoms with E-state index < -0.39 is 17.2 Å². The summed E-state index contributed by atoms with van der Waals surface area (Å²) in [5.41, 5.74) is 1.25. The quantitative estimate of drug-likeness (QED) is 0.530. The third kappa shape index (κ3) is 2.25. The summed E-state index contributed by atoms with van der Waals surface area (Å²) >= 11 is 0. The number of rotatable bonds is 0. The van der Waals surface area contributed by atoms with Crippen LogP contribution in [0.25, 0.3) is 0 Å². The number of carbonyl (C=O) groups is 1. The largest absolute Gasteiger partial charge is 0.449 e. The molecule has 1 spiro atoms. The van der Waals surface area contributed by atoms with E-state index in [-0.39, 0.29) is 23.6 Å². The zero-order chi connectivity index (χ0) is 17.9. The van der Waals surface area contributed by atoms with Crippen LogP contribution in [0.3, 0.4) is 0 Å². The summed E-state index contributed by atoms with van der Waals surface area (Å²) in [5.74, 6) is 4.26. The molecule has 3 aliphatic heterocycles. The molecule has 1 aliphatic carbocycles. The molecule has 0 amide bonds. The van der Waals surface area contributed by atoms with Gasteiger partial charge in [0, 0.05) is 41.3 Å². The lowest BCUT2D eigenvalue weighted by molar-refractivity contribution is -0.148. The van der Waals surface area contributed by atoms with Gasteiger partial charge in [-0.15, -0.1) is 0 Å². The SMILES string of the molecule is O=C1C=C2C(C#Cc3cc(F)cc(F)c3)=C[C@@H]3C[C@@]2(O1)[C@H]1CCCCN31. The van der Waals surface area contributed by atoms with Crippen molar-refractivity contribution in [3.8, 4) is 11.8 Å². The van der Waals surface area contributed by atoms with Gasteiger partial charge in [-0.3, -0.25) is 4.90 Å². The first-order chi connectivity index (χ1) is 12.5. The summed E-state index contributed by atoms with van der Waals surface area (Å²) < 4.78 is 32.6. The van der Waals surface area contributed by atoms with E-state index in [1.165, 1.54) is 12.1 Å². The molecule has 3 heterocycles. The molecule has 0 saturated carbocycles. The average molecular weight is 353 g/mol. The maximum atomic E-state index is 13.4. The van der Waals surface area contributed by atoms with Crippen LogP contribution in [0.15, 0.2) is 41.5 Å². The Labute approximate surface area is 150 Å². The summed E-state index contributed by atoms with van der Waals surface area (Å²) in [5, 5.41) is 0. The van der Waals surface area contributed by atoms with E-state index in [0.29, 0.717) is 0 Å². The van der Waals surface area contributed by atoms with Gasteiger partial charge in [-0.2, -0.15) is 0 Å².